The molecule has 0 radical (unpaired) electrons. The number of nitrogens with two attached hydrogens (primary N) is 2. The molecule has 4 aromatic rings. The SMILES string of the molecule is Nc1nnc2[nH]c(=O)c(C3(c4nn5c(N)nnc5[nH]c4=O)CCCC3=O)nn12. The van der Waals surface area contributed by atoms with Crippen molar-refractivity contribution in [3.05, 3.63) is 32.1 Å². The van der Waals surface area contributed by atoms with Crippen molar-refractivity contribution in [2.45, 2.75) is 24.7 Å². The lowest BCUT2D eigenvalue weighted by atomic mass is 9.78. The first kappa shape index (κ1) is 16.0. The highest BCUT2D eigenvalue weighted by atomic mass is 16.1. The van der Waals surface area contributed by atoms with Crippen LogP contribution in [0.2, 0.25) is 0 Å². The molecule has 15 nitrogen and oxygen atoms in total. The molecule has 28 heavy (non-hydrogen) atoms. The summed E-state index contributed by atoms with van der Waals surface area (Å²) in [7, 11) is 0. The van der Waals surface area contributed by atoms with Crippen LogP contribution in [0.1, 0.15) is 30.7 Å². The van der Waals surface area contributed by atoms with Crippen molar-refractivity contribution in [3.8, 4) is 0 Å². The lowest BCUT2D eigenvalue weighted by Crippen LogP contribution is -2.45. The van der Waals surface area contributed by atoms with E-state index in [0.29, 0.717) is 6.42 Å². The van der Waals surface area contributed by atoms with E-state index in [1.54, 1.807) is 0 Å². The molecular formula is C13H12N12O3. The van der Waals surface area contributed by atoms with Crippen molar-refractivity contribution in [3.63, 3.8) is 0 Å². The third-order valence-corrected chi connectivity index (χ3v) is 4.85. The van der Waals surface area contributed by atoms with Crippen LogP contribution in [0.5, 0.6) is 0 Å². The zero-order chi connectivity index (χ0) is 19.6. The Morgan fingerprint density at radius 1 is 0.821 bits per heavy atom. The molecule has 0 unspecified atom stereocenters. The molecular weight excluding hydrogens is 372 g/mol. The van der Waals surface area contributed by atoms with E-state index in [9.17, 15) is 14.4 Å². The molecule has 142 valence electrons. The van der Waals surface area contributed by atoms with E-state index >= 15 is 0 Å². The van der Waals surface area contributed by atoms with E-state index in [2.05, 4.69) is 40.6 Å². The molecule has 0 aliphatic heterocycles. The number of ketones is 1. The molecule has 0 bridgehead atoms. The van der Waals surface area contributed by atoms with Crippen LogP contribution in [0.4, 0.5) is 11.9 Å². The average Bonchev–Trinajstić information content (AvgIpc) is 3.33. The fourth-order valence-corrected chi connectivity index (χ4v) is 3.59. The van der Waals surface area contributed by atoms with Gasteiger partial charge in [-0.2, -0.15) is 19.2 Å². The predicted octanol–water partition coefficient (Wildman–Crippen LogP) is -2.86. The average molecular weight is 384 g/mol. The molecule has 15 heteroatoms. The van der Waals surface area contributed by atoms with E-state index < -0.39 is 16.5 Å². The Morgan fingerprint density at radius 3 is 1.75 bits per heavy atom. The number of H-pyrrole nitrogens is 2. The van der Waals surface area contributed by atoms with E-state index in [0.717, 1.165) is 9.03 Å². The molecule has 0 amide bonds. The van der Waals surface area contributed by atoms with Crippen LogP contribution in [0.3, 0.4) is 0 Å². The number of carbonyl (C=O) groups excluding carboxylic acids is 1. The third-order valence-electron chi connectivity index (χ3n) is 4.85. The molecule has 5 rings (SSSR count). The number of hydrogen-bond donors (Lipinski definition) is 4. The van der Waals surface area contributed by atoms with Gasteiger partial charge in [0.05, 0.1) is 0 Å². The first-order chi connectivity index (χ1) is 13.4. The molecule has 1 aliphatic carbocycles. The Labute approximate surface area is 152 Å². The summed E-state index contributed by atoms with van der Waals surface area (Å²) >= 11 is 0. The normalized spacial score (nSPS) is 16.4. The zero-order valence-electron chi connectivity index (χ0n) is 14.1. The number of rotatable bonds is 2. The minimum atomic E-state index is -1.68. The predicted molar refractivity (Wildman–Crippen MR) is 91.3 cm³/mol. The minimum absolute atomic E-state index is 0.00669. The van der Waals surface area contributed by atoms with Crippen LogP contribution in [0.15, 0.2) is 9.59 Å². The fourth-order valence-electron chi connectivity index (χ4n) is 3.59. The lowest BCUT2D eigenvalue weighted by Gasteiger charge is -2.23. The van der Waals surface area contributed by atoms with Gasteiger partial charge in [-0.05, 0) is 12.8 Å². The number of fused-ring (bicyclic) bond motifs is 2. The number of aromatic nitrogens is 10. The van der Waals surface area contributed by atoms with Gasteiger partial charge in [0.25, 0.3) is 22.7 Å². The second-order valence-electron chi connectivity index (χ2n) is 6.37. The summed E-state index contributed by atoms with van der Waals surface area (Å²) in [6, 6.07) is 0. The van der Waals surface area contributed by atoms with Crippen LogP contribution in [-0.4, -0.2) is 55.4 Å². The Hall–Kier alpha value is -4.17. The summed E-state index contributed by atoms with van der Waals surface area (Å²) < 4.78 is 2.17. The van der Waals surface area contributed by atoms with E-state index in [-0.39, 0.29) is 53.5 Å². The molecule has 0 spiro atoms. The van der Waals surface area contributed by atoms with Gasteiger partial charge < -0.3 is 11.5 Å². The van der Waals surface area contributed by atoms with Crippen molar-refractivity contribution in [2.24, 2.45) is 0 Å². The van der Waals surface area contributed by atoms with Crippen molar-refractivity contribution in [1.82, 2.24) is 49.6 Å². The highest BCUT2D eigenvalue weighted by Crippen LogP contribution is 2.39. The number of aromatic amines is 2. The number of nitrogen functional groups attached to an aromatic ring is 2. The van der Waals surface area contributed by atoms with Gasteiger partial charge in [-0.3, -0.25) is 24.4 Å². The van der Waals surface area contributed by atoms with Crippen LogP contribution in [0.25, 0.3) is 11.6 Å². The molecule has 1 aliphatic rings. The second kappa shape index (κ2) is 5.18. The van der Waals surface area contributed by atoms with Crippen molar-refractivity contribution in [2.75, 3.05) is 11.5 Å². The lowest BCUT2D eigenvalue weighted by molar-refractivity contribution is -0.121. The molecule has 6 N–H and O–H groups in total. The molecule has 4 heterocycles. The molecule has 1 fully saturated rings. The highest BCUT2D eigenvalue weighted by Gasteiger charge is 2.52. The van der Waals surface area contributed by atoms with Gasteiger partial charge in [-0.25, -0.2) is 0 Å². The summed E-state index contributed by atoms with van der Waals surface area (Å²) in [5.74, 6) is -0.540. The first-order valence-electron chi connectivity index (χ1n) is 8.18. The van der Waals surface area contributed by atoms with E-state index in [1.165, 1.54) is 0 Å². The molecule has 0 aromatic carbocycles. The largest absolute Gasteiger partial charge is 0.366 e. The van der Waals surface area contributed by atoms with Crippen LogP contribution < -0.4 is 22.6 Å². The van der Waals surface area contributed by atoms with E-state index in [1.807, 2.05) is 0 Å². The zero-order valence-corrected chi connectivity index (χ0v) is 14.1. The summed E-state index contributed by atoms with van der Waals surface area (Å²) in [6.45, 7) is 0. The van der Waals surface area contributed by atoms with Crippen LogP contribution in [0, 0.1) is 0 Å². The number of anilines is 2. The minimum Gasteiger partial charge on any atom is -0.366 e. The number of hydrogen-bond acceptors (Lipinski definition) is 11. The summed E-state index contributed by atoms with van der Waals surface area (Å²) in [5.41, 5.74) is 7.91. The van der Waals surface area contributed by atoms with Gasteiger partial charge in [-0.15, -0.1) is 20.4 Å². The summed E-state index contributed by atoms with van der Waals surface area (Å²) in [4.78, 5) is 43.5. The number of carbonyl (C=O) groups is 1. The Bertz CT molecular complexity index is 1300. The fraction of sp³-hybridized carbons (Fsp3) is 0.308. The monoisotopic (exact) mass is 384 g/mol. The summed E-state index contributed by atoms with van der Waals surface area (Å²) in [5, 5.41) is 23.0. The third kappa shape index (κ3) is 1.89. The second-order valence-corrected chi connectivity index (χ2v) is 6.37. The smallest absolute Gasteiger partial charge is 0.275 e. The van der Waals surface area contributed by atoms with Gasteiger partial charge >= 0.3 is 0 Å². The molecule has 0 atom stereocenters. The first-order valence-corrected chi connectivity index (χ1v) is 8.18. The Balaban J connectivity index is 1.89. The maximum Gasteiger partial charge on any atom is 0.275 e. The number of nitrogens with zero attached hydrogens (tertiary/aromatic N) is 8. The van der Waals surface area contributed by atoms with Gasteiger partial charge in [-0.1, -0.05) is 0 Å². The maximum atomic E-state index is 13.0. The standard InChI is InChI=1S/C13H12N12O3/c14-9-18-20-11-16-7(27)5(22-24(9)11)13(3-1-2-4(13)26)6-8(28)17-12-21-19-10(15)25(12)23-6/h1-3H2,(H2,14,18)(H2,15,19)(H,16,20,27)(H,17,21,28). The topological polar surface area (TPSA) is 221 Å². The molecule has 0 saturated heterocycles. The van der Waals surface area contributed by atoms with Gasteiger partial charge in [0.15, 0.2) is 5.78 Å². The van der Waals surface area contributed by atoms with Gasteiger partial charge in [0, 0.05) is 6.42 Å². The van der Waals surface area contributed by atoms with Crippen LogP contribution in [-0.2, 0) is 10.2 Å². The van der Waals surface area contributed by atoms with Crippen molar-refractivity contribution < 1.29 is 4.79 Å². The Morgan fingerprint density at radius 2 is 1.32 bits per heavy atom. The molecule has 4 aromatic heterocycles. The number of nitrogens with one attached hydrogen (secondary N) is 2. The van der Waals surface area contributed by atoms with Gasteiger partial charge in [0.1, 0.15) is 16.8 Å². The van der Waals surface area contributed by atoms with Gasteiger partial charge in [0.2, 0.25) is 11.9 Å². The Kier molecular flexibility index (Phi) is 2.97. The van der Waals surface area contributed by atoms with E-state index in [4.69, 9.17) is 11.5 Å². The van der Waals surface area contributed by atoms with Crippen molar-refractivity contribution >= 4 is 29.2 Å². The quantitative estimate of drug-likeness (QED) is 0.275. The van der Waals surface area contributed by atoms with Crippen LogP contribution >= 0.6 is 0 Å². The maximum absolute atomic E-state index is 13.0. The number of Topliss-reactive ketones (excluding diaryl/α,β-unsaturated/α-hetero) is 1. The highest BCUT2D eigenvalue weighted by molar-refractivity contribution is 5.94. The molecule has 1 saturated carbocycles. The summed E-state index contributed by atoms with van der Waals surface area (Å²) in [6.07, 6.45) is 0.735. The van der Waals surface area contributed by atoms with Crippen molar-refractivity contribution in [1.29, 1.82) is 0 Å².